The van der Waals surface area contributed by atoms with Crippen LogP contribution in [0.15, 0.2) is 34.1 Å². The summed E-state index contributed by atoms with van der Waals surface area (Å²) in [6.45, 7) is 2.51. The molecule has 0 atom stereocenters. The van der Waals surface area contributed by atoms with Crippen molar-refractivity contribution in [3.63, 3.8) is 0 Å². The average Bonchev–Trinajstić information content (AvgIpc) is 3.11. The quantitative estimate of drug-likeness (QED) is 0.899. The van der Waals surface area contributed by atoms with Gasteiger partial charge in [0.15, 0.2) is 5.13 Å². The van der Waals surface area contributed by atoms with E-state index in [2.05, 4.69) is 31.1 Å². The van der Waals surface area contributed by atoms with Crippen LogP contribution >= 0.6 is 27.3 Å². The number of amides is 1. The Morgan fingerprint density at radius 3 is 2.71 bits per heavy atom. The van der Waals surface area contributed by atoms with Crippen LogP contribution in [0.4, 0.5) is 5.13 Å². The molecule has 6 heteroatoms. The van der Waals surface area contributed by atoms with Crippen LogP contribution in [0, 0.1) is 0 Å². The van der Waals surface area contributed by atoms with Crippen molar-refractivity contribution in [3.05, 3.63) is 34.1 Å². The van der Waals surface area contributed by atoms with Crippen LogP contribution in [0.3, 0.4) is 0 Å². The molecule has 21 heavy (non-hydrogen) atoms. The van der Waals surface area contributed by atoms with Gasteiger partial charge in [0.25, 0.3) is 0 Å². The number of aromatic nitrogens is 1. The number of benzene rings is 1. The number of rotatable bonds is 4. The summed E-state index contributed by atoms with van der Waals surface area (Å²) in [5, 5.41) is 5.52. The fourth-order valence-corrected chi connectivity index (χ4v) is 3.39. The molecule has 2 aromatic rings. The van der Waals surface area contributed by atoms with E-state index in [1.54, 1.807) is 0 Å². The summed E-state index contributed by atoms with van der Waals surface area (Å²) >= 11 is 4.88. The van der Waals surface area contributed by atoms with Gasteiger partial charge in [-0.2, -0.15) is 0 Å². The highest BCUT2D eigenvalue weighted by molar-refractivity contribution is 9.10. The molecular weight excluding hydrogens is 350 g/mol. The summed E-state index contributed by atoms with van der Waals surface area (Å²) in [5.41, 5.74) is 1.94. The molecule has 1 aliphatic heterocycles. The second-order valence-corrected chi connectivity index (χ2v) is 6.85. The van der Waals surface area contributed by atoms with Gasteiger partial charge in [0.1, 0.15) is 0 Å². The number of likely N-dealkylation sites (tertiary alicyclic amines) is 1. The van der Waals surface area contributed by atoms with Crippen molar-refractivity contribution in [3.8, 4) is 11.3 Å². The van der Waals surface area contributed by atoms with E-state index < -0.39 is 0 Å². The van der Waals surface area contributed by atoms with Crippen molar-refractivity contribution in [1.29, 1.82) is 0 Å². The zero-order valence-electron chi connectivity index (χ0n) is 11.5. The Balaban J connectivity index is 1.61. The van der Waals surface area contributed by atoms with Gasteiger partial charge in [-0.1, -0.05) is 28.1 Å². The lowest BCUT2D eigenvalue weighted by Crippen LogP contribution is -2.30. The minimum absolute atomic E-state index is 0.0219. The van der Waals surface area contributed by atoms with Crippen molar-refractivity contribution in [1.82, 2.24) is 9.88 Å². The molecule has 1 aliphatic rings. The van der Waals surface area contributed by atoms with Gasteiger partial charge < -0.3 is 5.32 Å². The SMILES string of the molecule is O=C(CN1CCCC1)Nc1nc(-c2ccc(Br)cc2)cs1. The predicted octanol–water partition coefficient (Wildman–Crippen LogP) is 3.61. The second kappa shape index (κ2) is 6.68. The molecule has 0 radical (unpaired) electrons. The zero-order chi connectivity index (χ0) is 14.7. The number of hydrogen-bond acceptors (Lipinski definition) is 4. The molecule has 0 saturated carbocycles. The summed E-state index contributed by atoms with van der Waals surface area (Å²) in [6.07, 6.45) is 2.39. The Bertz CT molecular complexity index is 620. The molecule has 0 unspecified atom stereocenters. The fraction of sp³-hybridized carbons (Fsp3) is 0.333. The number of nitrogens with one attached hydrogen (secondary N) is 1. The van der Waals surface area contributed by atoms with Gasteiger partial charge in [-0.15, -0.1) is 11.3 Å². The lowest BCUT2D eigenvalue weighted by molar-refractivity contribution is -0.117. The maximum atomic E-state index is 12.0. The standard InChI is InChI=1S/C15H16BrN3OS/c16-12-5-3-11(4-6-12)13-10-21-15(17-13)18-14(20)9-19-7-1-2-8-19/h3-6,10H,1-2,7-9H2,(H,17,18,20). The van der Waals surface area contributed by atoms with Crippen molar-refractivity contribution in [2.45, 2.75) is 12.8 Å². The number of anilines is 1. The lowest BCUT2D eigenvalue weighted by Gasteiger charge is -2.12. The summed E-state index contributed by atoms with van der Waals surface area (Å²) in [7, 11) is 0. The number of carbonyl (C=O) groups is 1. The summed E-state index contributed by atoms with van der Waals surface area (Å²) in [6, 6.07) is 7.99. The van der Waals surface area contributed by atoms with Gasteiger partial charge in [0.05, 0.1) is 12.2 Å². The van der Waals surface area contributed by atoms with Crippen LogP contribution in [0.1, 0.15) is 12.8 Å². The van der Waals surface area contributed by atoms with Gasteiger partial charge in [-0.25, -0.2) is 4.98 Å². The molecule has 4 nitrogen and oxygen atoms in total. The van der Waals surface area contributed by atoms with E-state index in [1.807, 2.05) is 29.6 Å². The van der Waals surface area contributed by atoms with Crippen LogP contribution in [0.25, 0.3) is 11.3 Å². The lowest BCUT2D eigenvalue weighted by atomic mass is 10.2. The van der Waals surface area contributed by atoms with Crippen molar-refractivity contribution < 1.29 is 4.79 Å². The molecule has 2 heterocycles. The molecule has 1 aromatic heterocycles. The first-order valence-electron chi connectivity index (χ1n) is 6.94. The van der Waals surface area contributed by atoms with E-state index in [1.165, 1.54) is 24.2 Å². The Kier molecular flexibility index (Phi) is 4.67. The molecule has 0 spiro atoms. The van der Waals surface area contributed by atoms with Crippen LogP contribution in [0.2, 0.25) is 0 Å². The van der Waals surface area contributed by atoms with E-state index in [9.17, 15) is 4.79 Å². The van der Waals surface area contributed by atoms with Gasteiger partial charge in [0.2, 0.25) is 5.91 Å². The summed E-state index contributed by atoms with van der Waals surface area (Å²) in [4.78, 5) is 18.6. The number of carbonyl (C=O) groups excluding carboxylic acids is 1. The smallest absolute Gasteiger partial charge is 0.240 e. The summed E-state index contributed by atoms with van der Waals surface area (Å²) < 4.78 is 1.04. The van der Waals surface area contributed by atoms with Gasteiger partial charge in [-0.05, 0) is 38.1 Å². The van der Waals surface area contributed by atoms with E-state index in [-0.39, 0.29) is 5.91 Å². The molecule has 110 valence electrons. The predicted molar refractivity (Wildman–Crippen MR) is 89.6 cm³/mol. The van der Waals surface area contributed by atoms with Crippen LogP contribution < -0.4 is 5.32 Å². The fourth-order valence-electron chi connectivity index (χ4n) is 2.39. The first-order valence-corrected chi connectivity index (χ1v) is 8.62. The molecule has 1 fully saturated rings. The third-order valence-electron chi connectivity index (χ3n) is 3.46. The molecule has 1 amide bonds. The number of halogens is 1. The van der Waals surface area contributed by atoms with E-state index in [0.29, 0.717) is 11.7 Å². The Morgan fingerprint density at radius 1 is 1.29 bits per heavy atom. The minimum atomic E-state index is 0.0219. The minimum Gasteiger partial charge on any atom is -0.301 e. The highest BCUT2D eigenvalue weighted by Crippen LogP contribution is 2.26. The monoisotopic (exact) mass is 365 g/mol. The summed E-state index contributed by atoms with van der Waals surface area (Å²) in [5.74, 6) is 0.0219. The van der Waals surface area contributed by atoms with Gasteiger partial charge >= 0.3 is 0 Å². The molecule has 3 rings (SSSR count). The third kappa shape index (κ3) is 3.90. The highest BCUT2D eigenvalue weighted by Gasteiger charge is 2.16. The van der Waals surface area contributed by atoms with Gasteiger partial charge in [-0.3, -0.25) is 9.69 Å². The van der Waals surface area contributed by atoms with E-state index in [4.69, 9.17) is 0 Å². The molecule has 1 aromatic carbocycles. The average molecular weight is 366 g/mol. The van der Waals surface area contributed by atoms with E-state index >= 15 is 0 Å². The normalized spacial score (nSPS) is 15.3. The molecule has 1 N–H and O–H groups in total. The van der Waals surface area contributed by atoms with Crippen molar-refractivity contribution in [2.24, 2.45) is 0 Å². The van der Waals surface area contributed by atoms with Crippen LogP contribution in [-0.4, -0.2) is 35.4 Å². The first-order chi connectivity index (χ1) is 10.2. The Labute approximate surface area is 136 Å². The van der Waals surface area contributed by atoms with E-state index in [0.717, 1.165) is 28.8 Å². The molecule has 1 saturated heterocycles. The molecule has 0 bridgehead atoms. The Hall–Kier alpha value is -1.24. The maximum absolute atomic E-state index is 12.0. The largest absolute Gasteiger partial charge is 0.301 e. The highest BCUT2D eigenvalue weighted by atomic mass is 79.9. The molecule has 0 aliphatic carbocycles. The molecular formula is C15H16BrN3OS. The topological polar surface area (TPSA) is 45.2 Å². The number of thiazole rings is 1. The Morgan fingerprint density at radius 2 is 2.00 bits per heavy atom. The maximum Gasteiger partial charge on any atom is 0.240 e. The van der Waals surface area contributed by atoms with Crippen LogP contribution in [0.5, 0.6) is 0 Å². The second-order valence-electron chi connectivity index (χ2n) is 5.08. The van der Waals surface area contributed by atoms with Crippen molar-refractivity contribution in [2.75, 3.05) is 25.0 Å². The number of nitrogens with zero attached hydrogens (tertiary/aromatic N) is 2. The third-order valence-corrected chi connectivity index (χ3v) is 4.74. The zero-order valence-corrected chi connectivity index (χ0v) is 13.9. The van der Waals surface area contributed by atoms with Crippen molar-refractivity contribution >= 4 is 38.3 Å². The van der Waals surface area contributed by atoms with Crippen LogP contribution in [-0.2, 0) is 4.79 Å². The number of hydrogen-bond donors (Lipinski definition) is 1. The van der Waals surface area contributed by atoms with Gasteiger partial charge in [0, 0.05) is 15.4 Å². The first kappa shape index (κ1) is 14.7.